The second kappa shape index (κ2) is 9.13. The van der Waals surface area contributed by atoms with Gasteiger partial charge >= 0.3 is 0 Å². The van der Waals surface area contributed by atoms with E-state index in [0.29, 0.717) is 42.4 Å². The predicted molar refractivity (Wildman–Crippen MR) is 114 cm³/mol. The smallest absolute Gasteiger partial charge is 0.251 e. The number of amides is 2. The van der Waals surface area contributed by atoms with Crippen LogP contribution >= 0.6 is 0 Å². The predicted octanol–water partition coefficient (Wildman–Crippen LogP) is 3.44. The second-order valence-electron chi connectivity index (χ2n) is 6.93. The van der Waals surface area contributed by atoms with Crippen molar-refractivity contribution in [2.24, 2.45) is 0 Å². The van der Waals surface area contributed by atoms with E-state index < -0.39 is 6.04 Å². The average molecular weight is 402 g/mol. The third-order valence-corrected chi connectivity index (χ3v) is 4.75. The van der Waals surface area contributed by atoms with E-state index in [9.17, 15) is 9.59 Å². The third kappa shape index (κ3) is 4.78. The summed E-state index contributed by atoms with van der Waals surface area (Å²) in [6, 6.07) is 22.9. The number of carbonyl (C=O) groups excluding carboxylic acids is 2. The Kier molecular flexibility index (Phi) is 5.94. The van der Waals surface area contributed by atoms with E-state index in [1.165, 1.54) is 0 Å². The van der Waals surface area contributed by atoms with Gasteiger partial charge in [0.1, 0.15) is 19.3 Å². The maximum Gasteiger partial charge on any atom is 0.251 e. The van der Waals surface area contributed by atoms with Gasteiger partial charge < -0.3 is 20.1 Å². The SMILES string of the molecule is O=C(NC(Cc1ccccc1)C(=O)Nc1ccc2c(c1)OCCO2)c1ccccc1. The number of fused-ring (bicyclic) bond motifs is 1. The van der Waals surface area contributed by atoms with E-state index in [0.717, 1.165) is 5.56 Å². The molecule has 0 saturated carbocycles. The topological polar surface area (TPSA) is 76.7 Å². The van der Waals surface area contributed by atoms with Crippen molar-refractivity contribution in [2.45, 2.75) is 12.5 Å². The van der Waals surface area contributed by atoms with Crippen LogP contribution in [0.5, 0.6) is 11.5 Å². The number of hydrogen-bond acceptors (Lipinski definition) is 4. The summed E-state index contributed by atoms with van der Waals surface area (Å²) in [6.45, 7) is 0.970. The standard InChI is InChI=1S/C24H22N2O4/c27-23(18-9-5-2-6-10-18)26-20(15-17-7-3-1-4-8-17)24(28)25-19-11-12-21-22(16-19)30-14-13-29-21/h1-12,16,20H,13-15H2,(H,25,28)(H,26,27). The Hall–Kier alpha value is -3.80. The molecular weight excluding hydrogens is 380 g/mol. The van der Waals surface area contributed by atoms with Crippen LogP contribution in [-0.4, -0.2) is 31.1 Å². The van der Waals surface area contributed by atoms with Crippen molar-refractivity contribution in [3.05, 3.63) is 90.0 Å². The number of benzene rings is 3. The van der Waals surface area contributed by atoms with E-state index in [1.807, 2.05) is 36.4 Å². The Morgan fingerprint density at radius 1 is 0.833 bits per heavy atom. The van der Waals surface area contributed by atoms with E-state index in [2.05, 4.69) is 10.6 Å². The van der Waals surface area contributed by atoms with Crippen LogP contribution in [0.3, 0.4) is 0 Å². The Balaban J connectivity index is 1.52. The first-order valence-electron chi connectivity index (χ1n) is 9.79. The summed E-state index contributed by atoms with van der Waals surface area (Å²) in [6.07, 6.45) is 0.371. The van der Waals surface area contributed by atoms with Gasteiger partial charge in [0.05, 0.1) is 0 Å². The van der Waals surface area contributed by atoms with Gasteiger partial charge in [-0.25, -0.2) is 0 Å². The molecule has 2 amide bonds. The summed E-state index contributed by atoms with van der Waals surface area (Å²) >= 11 is 0. The van der Waals surface area contributed by atoms with Crippen LogP contribution in [0.2, 0.25) is 0 Å². The molecule has 0 saturated heterocycles. The fraction of sp³-hybridized carbons (Fsp3) is 0.167. The molecule has 1 heterocycles. The maximum absolute atomic E-state index is 13.1. The van der Waals surface area contributed by atoms with Crippen LogP contribution in [0, 0.1) is 0 Å². The lowest BCUT2D eigenvalue weighted by Gasteiger charge is -2.21. The Bertz CT molecular complexity index is 1020. The molecule has 30 heavy (non-hydrogen) atoms. The Labute approximate surface area is 174 Å². The first-order valence-corrected chi connectivity index (χ1v) is 9.79. The van der Waals surface area contributed by atoms with Gasteiger partial charge in [-0.05, 0) is 29.8 Å². The molecule has 0 spiro atoms. The van der Waals surface area contributed by atoms with Gasteiger partial charge in [-0.15, -0.1) is 0 Å². The fourth-order valence-corrected chi connectivity index (χ4v) is 3.24. The summed E-state index contributed by atoms with van der Waals surface area (Å²) in [7, 11) is 0. The van der Waals surface area contributed by atoms with Gasteiger partial charge in [-0.2, -0.15) is 0 Å². The van der Waals surface area contributed by atoms with Crippen molar-refractivity contribution >= 4 is 17.5 Å². The highest BCUT2D eigenvalue weighted by atomic mass is 16.6. The number of rotatable bonds is 6. The fourth-order valence-electron chi connectivity index (χ4n) is 3.24. The monoisotopic (exact) mass is 402 g/mol. The molecule has 0 aliphatic carbocycles. The zero-order valence-corrected chi connectivity index (χ0v) is 16.3. The van der Waals surface area contributed by atoms with Crippen molar-refractivity contribution in [1.29, 1.82) is 0 Å². The van der Waals surface area contributed by atoms with E-state index in [1.54, 1.807) is 42.5 Å². The number of ether oxygens (including phenoxy) is 2. The zero-order chi connectivity index (χ0) is 20.8. The molecule has 4 rings (SSSR count). The molecule has 0 fully saturated rings. The van der Waals surface area contributed by atoms with Gasteiger partial charge in [-0.3, -0.25) is 9.59 Å². The Morgan fingerprint density at radius 2 is 1.50 bits per heavy atom. The quantitative estimate of drug-likeness (QED) is 0.662. The van der Waals surface area contributed by atoms with E-state index in [4.69, 9.17) is 9.47 Å². The molecule has 0 bridgehead atoms. The van der Waals surface area contributed by atoms with Crippen LogP contribution in [-0.2, 0) is 11.2 Å². The molecule has 0 aromatic heterocycles. The third-order valence-electron chi connectivity index (χ3n) is 4.75. The highest BCUT2D eigenvalue weighted by molar-refractivity contribution is 6.01. The zero-order valence-electron chi connectivity index (χ0n) is 16.3. The summed E-state index contributed by atoms with van der Waals surface area (Å²) in [5, 5.41) is 5.74. The van der Waals surface area contributed by atoms with Crippen LogP contribution in [0.15, 0.2) is 78.9 Å². The van der Waals surface area contributed by atoms with Gasteiger partial charge in [0.2, 0.25) is 5.91 Å². The van der Waals surface area contributed by atoms with Crippen molar-refractivity contribution in [3.8, 4) is 11.5 Å². The highest BCUT2D eigenvalue weighted by Gasteiger charge is 2.23. The normalized spacial score (nSPS) is 13.2. The number of anilines is 1. The van der Waals surface area contributed by atoms with Crippen LogP contribution in [0.4, 0.5) is 5.69 Å². The van der Waals surface area contributed by atoms with Crippen LogP contribution in [0.25, 0.3) is 0 Å². The molecule has 1 unspecified atom stereocenters. The van der Waals surface area contributed by atoms with Crippen molar-refractivity contribution < 1.29 is 19.1 Å². The van der Waals surface area contributed by atoms with Gasteiger partial charge in [-0.1, -0.05) is 48.5 Å². The highest BCUT2D eigenvalue weighted by Crippen LogP contribution is 2.32. The molecular formula is C24H22N2O4. The summed E-state index contributed by atoms with van der Waals surface area (Å²) in [5.41, 5.74) is 2.03. The summed E-state index contributed by atoms with van der Waals surface area (Å²) in [5.74, 6) is 0.637. The largest absolute Gasteiger partial charge is 0.486 e. The van der Waals surface area contributed by atoms with Crippen LogP contribution in [0.1, 0.15) is 15.9 Å². The molecule has 1 aliphatic rings. The molecule has 3 aromatic rings. The summed E-state index contributed by atoms with van der Waals surface area (Å²) < 4.78 is 11.1. The molecule has 0 radical (unpaired) electrons. The lowest BCUT2D eigenvalue weighted by atomic mass is 10.0. The maximum atomic E-state index is 13.1. The molecule has 1 atom stereocenters. The lowest BCUT2D eigenvalue weighted by molar-refractivity contribution is -0.118. The van der Waals surface area contributed by atoms with Crippen LogP contribution < -0.4 is 20.1 Å². The molecule has 2 N–H and O–H groups in total. The average Bonchev–Trinajstić information content (AvgIpc) is 2.80. The van der Waals surface area contributed by atoms with Crippen molar-refractivity contribution in [2.75, 3.05) is 18.5 Å². The second-order valence-corrected chi connectivity index (χ2v) is 6.93. The number of hydrogen-bond donors (Lipinski definition) is 2. The first kappa shape index (κ1) is 19.5. The minimum atomic E-state index is -0.742. The lowest BCUT2D eigenvalue weighted by Crippen LogP contribution is -2.45. The molecule has 152 valence electrons. The Morgan fingerprint density at radius 3 is 2.23 bits per heavy atom. The number of carbonyl (C=O) groups is 2. The molecule has 3 aromatic carbocycles. The van der Waals surface area contributed by atoms with E-state index in [-0.39, 0.29) is 11.8 Å². The molecule has 6 heteroatoms. The van der Waals surface area contributed by atoms with Gasteiger partial charge in [0.25, 0.3) is 5.91 Å². The summed E-state index contributed by atoms with van der Waals surface area (Å²) in [4.78, 5) is 25.7. The first-order chi connectivity index (χ1) is 14.7. The van der Waals surface area contributed by atoms with E-state index >= 15 is 0 Å². The molecule has 1 aliphatic heterocycles. The van der Waals surface area contributed by atoms with Gasteiger partial charge in [0, 0.05) is 23.7 Å². The molecule has 6 nitrogen and oxygen atoms in total. The van der Waals surface area contributed by atoms with Crippen molar-refractivity contribution in [1.82, 2.24) is 5.32 Å². The number of nitrogens with one attached hydrogen (secondary N) is 2. The van der Waals surface area contributed by atoms with Crippen molar-refractivity contribution in [3.63, 3.8) is 0 Å². The minimum absolute atomic E-state index is 0.297. The minimum Gasteiger partial charge on any atom is -0.486 e. The van der Waals surface area contributed by atoms with Gasteiger partial charge in [0.15, 0.2) is 11.5 Å².